The topological polar surface area (TPSA) is 31.4 Å². The van der Waals surface area contributed by atoms with Crippen molar-refractivity contribution in [2.45, 2.75) is 6.36 Å². The third-order valence-corrected chi connectivity index (χ3v) is 1.93. The van der Waals surface area contributed by atoms with E-state index in [1.165, 1.54) is 30.5 Å². The molecule has 0 radical (unpaired) electrons. The van der Waals surface area contributed by atoms with Crippen LogP contribution in [0.2, 0.25) is 0 Å². The van der Waals surface area contributed by atoms with E-state index in [1.807, 2.05) is 0 Å². The Morgan fingerprint density at radius 1 is 0.889 bits per heavy atom. The molecule has 6 heteroatoms. The maximum atomic E-state index is 11.9. The fourth-order valence-electron chi connectivity index (χ4n) is 1.25. The van der Waals surface area contributed by atoms with Crippen molar-refractivity contribution in [2.24, 2.45) is 0 Å². The monoisotopic (exact) mass is 255 g/mol. The highest BCUT2D eigenvalue weighted by Crippen LogP contribution is 2.26. The molecule has 1 heterocycles. The molecule has 0 atom stereocenters. The number of alkyl halides is 3. The molecule has 3 nitrogen and oxygen atoms in total. The summed E-state index contributed by atoms with van der Waals surface area (Å²) in [6, 6.07) is 8.50. The van der Waals surface area contributed by atoms with Gasteiger partial charge in [0.25, 0.3) is 0 Å². The maximum Gasteiger partial charge on any atom is 0.573 e. The number of hydrogen-bond acceptors (Lipinski definition) is 3. The molecular formula is C12H8F3NO2. The third-order valence-electron chi connectivity index (χ3n) is 1.93. The first-order valence-electron chi connectivity index (χ1n) is 4.97. The van der Waals surface area contributed by atoms with E-state index in [9.17, 15) is 13.2 Å². The Bertz CT molecular complexity index is 497. The van der Waals surface area contributed by atoms with Crippen LogP contribution in [0.15, 0.2) is 48.8 Å². The minimum atomic E-state index is -4.69. The highest BCUT2D eigenvalue weighted by molar-refractivity contribution is 5.34. The molecule has 0 saturated carbocycles. The normalized spacial score (nSPS) is 11.1. The van der Waals surface area contributed by atoms with Crippen LogP contribution in [-0.2, 0) is 0 Å². The van der Waals surface area contributed by atoms with E-state index >= 15 is 0 Å². The summed E-state index contributed by atoms with van der Waals surface area (Å²) < 4.78 is 44.9. The fourth-order valence-corrected chi connectivity index (χ4v) is 1.25. The molecular weight excluding hydrogens is 247 g/mol. The molecule has 0 N–H and O–H groups in total. The van der Waals surface area contributed by atoms with Crippen LogP contribution in [0.3, 0.4) is 0 Å². The average molecular weight is 255 g/mol. The summed E-state index contributed by atoms with van der Waals surface area (Å²) in [6.07, 6.45) is -1.60. The third kappa shape index (κ3) is 3.65. The molecule has 0 fully saturated rings. The lowest BCUT2D eigenvalue weighted by atomic mass is 10.3. The zero-order valence-electron chi connectivity index (χ0n) is 9.02. The largest absolute Gasteiger partial charge is 0.573 e. The molecule has 1 aromatic heterocycles. The summed E-state index contributed by atoms with van der Waals surface area (Å²) in [4.78, 5) is 3.85. The van der Waals surface area contributed by atoms with Crippen LogP contribution in [-0.4, -0.2) is 11.3 Å². The van der Waals surface area contributed by atoms with Gasteiger partial charge in [0, 0.05) is 6.20 Å². The fraction of sp³-hybridized carbons (Fsp3) is 0.0833. The Morgan fingerprint density at radius 2 is 1.56 bits per heavy atom. The Hall–Kier alpha value is -2.24. The number of rotatable bonds is 3. The molecule has 0 amide bonds. The van der Waals surface area contributed by atoms with Crippen LogP contribution in [0.5, 0.6) is 17.2 Å². The van der Waals surface area contributed by atoms with Crippen molar-refractivity contribution in [3.05, 3.63) is 48.8 Å². The van der Waals surface area contributed by atoms with Gasteiger partial charge in [-0.2, -0.15) is 0 Å². The van der Waals surface area contributed by atoms with Gasteiger partial charge in [0.05, 0.1) is 6.20 Å². The summed E-state index contributed by atoms with van der Waals surface area (Å²) in [6.45, 7) is 0. The highest BCUT2D eigenvalue weighted by Gasteiger charge is 2.30. The number of nitrogens with zero attached hydrogens (tertiary/aromatic N) is 1. The van der Waals surface area contributed by atoms with Gasteiger partial charge < -0.3 is 9.47 Å². The van der Waals surface area contributed by atoms with E-state index in [2.05, 4.69) is 9.72 Å². The van der Waals surface area contributed by atoms with Gasteiger partial charge >= 0.3 is 6.36 Å². The van der Waals surface area contributed by atoms with Gasteiger partial charge in [0.2, 0.25) is 0 Å². The zero-order valence-corrected chi connectivity index (χ0v) is 9.02. The maximum absolute atomic E-state index is 11.9. The van der Waals surface area contributed by atoms with Crippen molar-refractivity contribution in [1.82, 2.24) is 4.98 Å². The first-order chi connectivity index (χ1) is 8.53. The van der Waals surface area contributed by atoms with Gasteiger partial charge in [-0.05, 0) is 36.4 Å². The first kappa shape index (κ1) is 12.2. The second-order valence-electron chi connectivity index (χ2n) is 3.31. The van der Waals surface area contributed by atoms with E-state index in [0.29, 0.717) is 11.5 Å². The van der Waals surface area contributed by atoms with Crippen LogP contribution in [0, 0.1) is 0 Å². The standard InChI is InChI=1S/C12H8F3NO2/c13-12(14,15)18-10-5-3-9(4-6-10)17-11-2-1-7-16-8-11/h1-8H. The number of halogens is 3. The number of pyridine rings is 1. The van der Waals surface area contributed by atoms with E-state index in [-0.39, 0.29) is 5.75 Å². The van der Waals surface area contributed by atoms with E-state index in [4.69, 9.17) is 4.74 Å². The van der Waals surface area contributed by atoms with Gasteiger partial charge in [-0.1, -0.05) is 0 Å². The molecule has 0 spiro atoms. The molecule has 0 unspecified atom stereocenters. The Labute approximate surface area is 101 Å². The Balaban J connectivity index is 2.04. The van der Waals surface area contributed by atoms with Crippen molar-refractivity contribution >= 4 is 0 Å². The minimum absolute atomic E-state index is 0.291. The van der Waals surface area contributed by atoms with Crippen molar-refractivity contribution < 1.29 is 22.6 Å². The predicted molar refractivity (Wildman–Crippen MR) is 57.4 cm³/mol. The molecule has 18 heavy (non-hydrogen) atoms. The second-order valence-corrected chi connectivity index (χ2v) is 3.31. The van der Waals surface area contributed by atoms with E-state index in [0.717, 1.165) is 0 Å². The number of hydrogen-bond donors (Lipinski definition) is 0. The van der Waals surface area contributed by atoms with Crippen LogP contribution in [0.25, 0.3) is 0 Å². The Kier molecular flexibility index (Phi) is 3.36. The summed E-state index contributed by atoms with van der Waals surface area (Å²) >= 11 is 0. The van der Waals surface area contributed by atoms with Gasteiger partial charge in [-0.25, -0.2) is 0 Å². The molecule has 2 aromatic rings. The zero-order chi connectivity index (χ0) is 13.0. The predicted octanol–water partition coefficient (Wildman–Crippen LogP) is 3.77. The summed E-state index contributed by atoms with van der Waals surface area (Å²) in [7, 11) is 0. The molecule has 94 valence electrons. The summed E-state index contributed by atoms with van der Waals surface area (Å²) in [5.74, 6) is 0.612. The van der Waals surface area contributed by atoms with Crippen LogP contribution >= 0.6 is 0 Å². The van der Waals surface area contributed by atoms with E-state index < -0.39 is 6.36 Å². The summed E-state index contributed by atoms with van der Waals surface area (Å²) in [5, 5.41) is 0. The molecule has 0 aliphatic carbocycles. The number of benzene rings is 1. The lowest BCUT2D eigenvalue weighted by Crippen LogP contribution is -2.16. The van der Waals surface area contributed by atoms with Crippen molar-refractivity contribution in [1.29, 1.82) is 0 Å². The molecule has 0 aliphatic heterocycles. The quantitative estimate of drug-likeness (QED) is 0.836. The SMILES string of the molecule is FC(F)(F)Oc1ccc(Oc2cccnc2)cc1. The molecule has 1 aromatic carbocycles. The smallest absolute Gasteiger partial charge is 0.456 e. The molecule has 0 bridgehead atoms. The number of aromatic nitrogens is 1. The van der Waals surface area contributed by atoms with Crippen LogP contribution in [0.4, 0.5) is 13.2 Å². The lowest BCUT2D eigenvalue weighted by molar-refractivity contribution is -0.274. The van der Waals surface area contributed by atoms with Crippen molar-refractivity contribution in [3.8, 4) is 17.2 Å². The first-order valence-corrected chi connectivity index (χ1v) is 4.97. The van der Waals surface area contributed by atoms with Gasteiger partial charge in [-0.15, -0.1) is 13.2 Å². The minimum Gasteiger partial charge on any atom is -0.456 e. The van der Waals surface area contributed by atoms with Crippen molar-refractivity contribution in [3.63, 3.8) is 0 Å². The lowest BCUT2D eigenvalue weighted by Gasteiger charge is -2.09. The molecule has 2 rings (SSSR count). The average Bonchev–Trinajstić information content (AvgIpc) is 2.31. The van der Waals surface area contributed by atoms with Crippen LogP contribution < -0.4 is 9.47 Å². The molecule has 0 aliphatic rings. The Morgan fingerprint density at radius 3 is 2.11 bits per heavy atom. The van der Waals surface area contributed by atoms with E-state index in [1.54, 1.807) is 18.3 Å². The number of ether oxygens (including phenoxy) is 2. The van der Waals surface area contributed by atoms with Crippen LogP contribution in [0.1, 0.15) is 0 Å². The molecule has 0 saturated heterocycles. The highest BCUT2D eigenvalue weighted by atomic mass is 19.4. The van der Waals surface area contributed by atoms with Gasteiger partial charge in [-0.3, -0.25) is 4.98 Å². The second kappa shape index (κ2) is 4.95. The van der Waals surface area contributed by atoms with Gasteiger partial charge in [0.15, 0.2) is 0 Å². The summed E-state index contributed by atoms with van der Waals surface area (Å²) in [5.41, 5.74) is 0. The van der Waals surface area contributed by atoms with Crippen molar-refractivity contribution in [2.75, 3.05) is 0 Å². The van der Waals surface area contributed by atoms with Gasteiger partial charge in [0.1, 0.15) is 17.2 Å².